The monoisotopic (exact) mass is 389 g/mol. The van der Waals surface area contributed by atoms with E-state index in [1.165, 1.54) is 0 Å². The summed E-state index contributed by atoms with van der Waals surface area (Å²) in [6.07, 6.45) is 0.778. The number of aliphatic hydroxyl groups is 1. The van der Waals surface area contributed by atoms with E-state index >= 15 is 0 Å². The van der Waals surface area contributed by atoms with Gasteiger partial charge in [0.2, 0.25) is 10.0 Å². The summed E-state index contributed by atoms with van der Waals surface area (Å²) in [5.74, 6) is 0. The topological polar surface area (TPSA) is 75.6 Å². The quantitative estimate of drug-likeness (QED) is 0.646. The van der Waals surface area contributed by atoms with Gasteiger partial charge in [-0.05, 0) is 44.0 Å². The van der Waals surface area contributed by atoms with Gasteiger partial charge < -0.3 is 9.84 Å². The number of aliphatic hydroxyl groups excluding tert-OH is 1. The van der Waals surface area contributed by atoms with Crippen molar-refractivity contribution in [2.45, 2.75) is 44.4 Å². The van der Waals surface area contributed by atoms with Crippen LogP contribution in [-0.4, -0.2) is 32.3 Å². The zero-order valence-corrected chi connectivity index (χ0v) is 16.7. The van der Waals surface area contributed by atoms with Crippen molar-refractivity contribution in [1.29, 1.82) is 0 Å². The fourth-order valence-corrected chi connectivity index (χ4v) is 3.77. The first-order valence-corrected chi connectivity index (χ1v) is 10.3. The number of allylic oxidation sites excluding steroid dienone is 1. The molecule has 2 atom stereocenters. The van der Waals surface area contributed by atoms with Gasteiger partial charge in [-0.15, -0.1) is 0 Å². The molecule has 0 aliphatic carbocycles. The first kappa shape index (κ1) is 21.3. The molecule has 2 N–H and O–H groups in total. The summed E-state index contributed by atoms with van der Waals surface area (Å²) in [6, 6.07) is 15.4. The molecule has 0 aromatic heterocycles. The summed E-state index contributed by atoms with van der Waals surface area (Å²) in [5.41, 5.74) is 2.63. The van der Waals surface area contributed by atoms with Gasteiger partial charge in [0.05, 0.1) is 30.3 Å². The first-order chi connectivity index (χ1) is 12.8. The van der Waals surface area contributed by atoms with Crippen LogP contribution in [0, 0.1) is 6.92 Å². The van der Waals surface area contributed by atoms with Gasteiger partial charge in [-0.2, -0.15) is 0 Å². The van der Waals surface area contributed by atoms with Crippen LogP contribution in [0.3, 0.4) is 0 Å². The Morgan fingerprint density at radius 1 is 1.15 bits per heavy atom. The molecule has 27 heavy (non-hydrogen) atoms. The fourth-order valence-electron chi connectivity index (χ4n) is 2.54. The summed E-state index contributed by atoms with van der Waals surface area (Å²) < 4.78 is 33.7. The van der Waals surface area contributed by atoms with Crippen molar-refractivity contribution >= 4 is 10.0 Å². The number of ether oxygens (including phenoxy) is 1. The summed E-state index contributed by atoms with van der Waals surface area (Å²) in [7, 11) is -3.78. The van der Waals surface area contributed by atoms with Crippen LogP contribution in [-0.2, 0) is 21.4 Å². The number of aryl methyl sites for hydroxylation is 1. The van der Waals surface area contributed by atoms with Crippen molar-refractivity contribution in [2.24, 2.45) is 0 Å². The van der Waals surface area contributed by atoms with Gasteiger partial charge in [-0.3, -0.25) is 0 Å². The molecular weight excluding hydrogens is 362 g/mol. The molecule has 0 heterocycles. The highest BCUT2D eigenvalue weighted by molar-refractivity contribution is 7.89. The Kier molecular flexibility index (Phi) is 7.74. The maximum absolute atomic E-state index is 12.7. The average molecular weight is 390 g/mol. The van der Waals surface area contributed by atoms with Crippen molar-refractivity contribution in [3.05, 3.63) is 77.4 Å². The molecule has 0 aliphatic rings. The Balaban J connectivity index is 2.12. The van der Waals surface area contributed by atoms with E-state index in [9.17, 15) is 13.5 Å². The zero-order chi connectivity index (χ0) is 19.9. The molecule has 6 heteroatoms. The van der Waals surface area contributed by atoms with Crippen LogP contribution in [0.15, 0.2) is 71.1 Å². The van der Waals surface area contributed by atoms with E-state index in [2.05, 4.69) is 4.72 Å². The Bertz CT molecular complexity index is 846. The van der Waals surface area contributed by atoms with E-state index < -0.39 is 22.2 Å². The fraction of sp³-hybridized carbons (Fsp3) is 0.333. The molecule has 0 spiro atoms. The molecule has 0 saturated carbocycles. The van der Waals surface area contributed by atoms with Gasteiger partial charge in [-0.1, -0.05) is 54.1 Å². The molecule has 0 bridgehead atoms. The number of benzene rings is 2. The lowest BCUT2D eigenvalue weighted by Gasteiger charge is -2.25. The highest BCUT2D eigenvalue weighted by atomic mass is 32.2. The van der Waals surface area contributed by atoms with Gasteiger partial charge in [-0.25, -0.2) is 13.1 Å². The van der Waals surface area contributed by atoms with Gasteiger partial charge in [0.1, 0.15) is 0 Å². The maximum atomic E-state index is 12.7. The van der Waals surface area contributed by atoms with Crippen molar-refractivity contribution in [3.8, 4) is 0 Å². The molecule has 0 amide bonds. The summed E-state index contributed by atoms with van der Waals surface area (Å²) in [6.45, 7) is 5.84. The second-order valence-corrected chi connectivity index (χ2v) is 8.23. The molecule has 0 radical (unpaired) electrons. The Morgan fingerprint density at radius 2 is 1.78 bits per heavy atom. The van der Waals surface area contributed by atoms with Crippen LogP contribution in [0.4, 0.5) is 0 Å². The van der Waals surface area contributed by atoms with E-state index in [0.29, 0.717) is 12.2 Å². The predicted molar refractivity (Wildman–Crippen MR) is 107 cm³/mol. The number of hydrogen-bond donors (Lipinski definition) is 2. The van der Waals surface area contributed by atoms with Crippen LogP contribution in [0.5, 0.6) is 0 Å². The first-order valence-electron chi connectivity index (χ1n) is 8.85. The summed E-state index contributed by atoms with van der Waals surface area (Å²) in [4.78, 5) is 0.159. The second kappa shape index (κ2) is 9.80. The van der Waals surface area contributed by atoms with E-state index in [-0.39, 0.29) is 11.5 Å². The standard InChI is InChI=1S/C21H27NO4S/c1-4-17(3)21(23)20(15-26-14-18-8-6-5-7-9-18)22-27(24,25)19-12-10-16(2)11-13-19/h4-13,20-23H,14-15H2,1-3H3/b17-4+. The Morgan fingerprint density at radius 3 is 2.37 bits per heavy atom. The van der Waals surface area contributed by atoms with Crippen molar-refractivity contribution in [3.63, 3.8) is 0 Å². The largest absolute Gasteiger partial charge is 0.387 e. The average Bonchev–Trinajstić information content (AvgIpc) is 2.67. The van der Waals surface area contributed by atoms with E-state index in [1.54, 1.807) is 44.2 Å². The van der Waals surface area contributed by atoms with Crippen molar-refractivity contribution in [1.82, 2.24) is 4.72 Å². The third-order valence-electron chi connectivity index (χ3n) is 4.35. The Labute approximate surface area is 161 Å². The lowest BCUT2D eigenvalue weighted by atomic mass is 10.1. The van der Waals surface area contributed by atoms with E-state index in [4.69, 9.17) is 4.74 Å². The van der Waals surface area contributed by atoms with Gasteiger partial charge >= 0.3 is 0 Å². The Hall–Kier alpha value is -1.99. The normalized spacial score (nSPS) is 14.7. The number of sulfonamides is 1. The number of hydrogen-bond acceptors (Lipinski definition) is 4. The van der Waals surface area contributed by atoms with Gasteiger partial charge in [0, 0.05) is 0 Å². The van der Waals surface area contributed by atoms with Gasteiger partial charge in [0.15, 0.2) is 0 Å². The third-order valence-corrected chi connectivity index (χ3v) is 5.86. The SMILES string of the molecule is C/C=C(\C)C(O)C(COCc1ccccc1)NS(=O)(=O)c1ccc(C)cc1. The molecule has 2 aromatic rings. The molecule has 2 aromatic carbocycles. The second-order valence-electron chi connectivity index (χ2n) is 6.52. The molecule has 146 valence electrons. The van der Waals surface area contributed by atoms with E-state index in [1.807, 2.05) is 37.3 Å². The molecule has 0 saturated heterocycles. The highest BCUT2D eigenvalue weighted by Gasteiger charge is 2.27. The van der Waals surface area contributed by atoms with Crippen molar-refractivity contribution < 1.29 is 18.3 Å². The van der Waals surface area contributed by atoms with E-state index in [0.717, 1.165) is 11.1 Å². The maximum Gasteiger partial charge on any atom is 0.240 e. The summed E-state index contributed by atoms with van der Waals surface area (Å²) >= 11 is 0. The molecule has 0 fully saturated rings. The molecular formula is C21H27NO4S. The van der Waals surface area contributed by atoms with Gasteiger partial charge in [0.25, 0.3) is 0 Å². The molecule has 0 aliphatic heterocycles. The highest BCUT2D eigenvalue weighted by Crippen LogP contribution is 2.14. The third kappa shape index (κ3) is 6.29. The summed E-state index contributed by atoms with van der Waals surface area (Å²) in [5, 5.41) is 10.6. The lowest BCUT2D eigenvalue weighted by molar-refractivity contribution is 0.0621. The minimum Gasteiger partial charge on any atom is -0.387 e. The van der Waals surface area contributed by atoms with Crippen LogP contribution in [0.1, 0.15) is 25.0 Å². The van der Waals surface area contributed by atoms with Crippen molar-refractivity contribution in [2.75, 3.05) is 6.61 Å². The minimum absolute atomic E-state index is 0.0479. The van der Waals surface area contributed by atoms with Crippen LogP contribution >= 0.6 is 0 Å². The van der Waals surface area contributed by atoms with Crippen LogP contribution in [0.2, 0.25) is 0 Å². The molecule has 2 rings (SSSR count). The lowest BCUT2D eigenvalue weighted by Crippen LogP contribution is -2.46. The number of rotatable bonds is 9. The molecule has 5 nitrogen and oxygen atoms in total. The number of nitrogens with one attached hydrogen (secondary N) is 1. The minimum atomic E-state index is -3.78. The van der Waals surface area contributed by atoms with Crippen LogP contribution in [0.25, 0.3) is 0 Å². The molecule has 2 unspecified atom stereocenters. The predicted octanol–water partition coefficient (Wildman–Crippen LogP) is 3.19. The van der Waals surface area contributed by atoms with Crippen LogP contribution < -0.4 is 4.72 Å². The zero-order valence-electron chi connectivity index (χ0n) is 15.9. The smallest absolute Gasteiger partial charge is 0.240 e.